The van der Waals surface area contributed by atoms with Gasteiger partial charge in [0.05, 0.1) is 33.0 Å². The van der Waals surface area contributed by atoms with Gasteiger partial charge in [-0.05, 0) is 72.3 Å². The summed E-state index contributed by atoms with van der Waals surface area (Å²) in [7, 11) is 6.67. The van der Waals surface area contributed by atoms with E-state index in [1.54, 1.807) is 31.2 Å². The van der Waals surface area contributed by atoms with E-state index in [4.69, 9.17) is 20.0 Å². The van der Waals surface area contributed by atoms with Crippen LogP contribution in [0.4, 0.5) is 5.69 Å². The smallest absolute Gasteiger partial charge is 0.328 e. The van der Waals surface area contributed by atoms with E-state index in [-0.39, 0.29) is 36.9 Å². The van der Waals surface area contributed by atoms with Crippen LogP contribution in [0.5, 0.6) is 5.75 Å². The number of para-hydroxylation sites is 1. The molecule has 7 rings (SSSR count). The zero-order valence-electron chi connectivity index (χ0n) is 34.0. The summed E-state index contributed by atoms with van der Waals surface area (Å²) in [6, 6.07) is 19.1. The predicted octanol–water partition coefficient (Wildman–Crippen LogP) is 4.57. The van der Waals surface area contributed by atoms with Crippen molar-refractivity contribution in [3.8, 4) is 16.9 Å². The topological polar surface area (TPSA) is 156 Å². The molecule has 1 aliphatic heterocycles. The second kappa shape index (κ2) is 16.9. The molecule has 4 fully saturated rings. The third-order valence-corrected chi connectivity index (χ3v) is 12.8. The number of hydrogen-bond acceptors (Lipinski definition) is 10. The maximum Gasteiger partial charge on any atom is 0.328 e. The van der Waals surface area contributed by atoms with Crippen molar-refractivity contribution in [1.82, 2.24) is 15.7 Å². The minimum atomic E-state index is -0.897. The van der Waals surface area contributed by atoms with E-state index < -0.39 is 42.1 Å². The molecule has 3 aromatic carbocycles. The molecule has 3 aliphatic carbocycles. The van der Waals surface area contributed by atoms with Gasteiger partial charge in [-0.2, -0.15) is 5.06 Å². The van der Waals surface area contributed by atoms with Crippen molar-refractivity contribution in [3.63, 3.8) is 0 Å². The number of rotatable bonds is 14. The third-order valence-electron chi connectivity index (χ3n) is 12.8. The predicted molar refractivity (Wildman–Crippen MR) is 216 cm³/mol. The second-order valence-electron chi connectivity index (χ2n) is 16.7. The molecule has 3 aromatic rings. The summed E-state index contributed by atoms with van der Waals surface area (Å²) in [4.78, 5) is 49.3. The van der Waals surface area contributed by atoms with Gasteiger partial charge in [0.2, 0.25) is 5.91 Å². The quantitative estimate of drug-likeness (QED) is 0.172. The lowest BCUT2D eigenvalue weighted by Crippen LogP contribution is -2.62. The Labute approximate surface area is 331 Å². The van der Waals surface area contributed by atoms with Crippen molar-refractivity contribution in [3.05, 3.63) is 83.4 Å². The molecular weight excluding hydrogens is 711 g/mol. The van der Waals surface area contributed by atoms with Gasteiger partial charge in [0, 0.05) is 61.4 Å². The van der Waals surface area contributed by atoms with E-state index in [0.29, 0.717) is 34.6 Å². The van der Waals surface area contributed by atoms with Crippen LogP contribution in [0.1, 0.15) is 62.0 Å². The van der Waals surface area contributed by atoms with Crippen molar-refractivity contribution in [2.45, 2.75) is 83.8 Å². The SMILES string of the molecule is COC(=O)[C@H](Cc1ccccc1)NC(=O)c1cc(-c2cccc(CN3O[C@@H](CN)[C@@H]([C@H](C)O)[C@H]3C(=O)N[C@H]3C[C@H]4C[C@@H]([C@@H]3C)C4(C)C)c2OC)cc(N(C)C)c1. The molecule has 0 radical (unpaired) electrons. The third kappa shape index (κ3) is 8.16. The fourth-order valence-corrected chi connectivity index (χ4v) is 9.46. The number of methoxy groups -OCH3 is 2. The Hall–Kier alpha value is -4.49. The molecule has 12 heteroatoms. The van der Waals surface area contributed by atoms with Gasteiger partial charge >= 0.3 is 5.97 Å². The maximum atomic E-state index is 14.3. The lowest BCUT2D eigenvalue weighted by molar-refractivity contribution is -0.175. The van der Waals surface area contributed by atoms with Crippen LogP contribution < -0.4 is 26.0 Å². The van der Waals surface area contributed by atoms with Gasteiger partial charge in [0.1, 0.15) is 17.8 Å². The normalized spacial score (nSPS) is 26.4. The first-order valence-electron chi connectivity index (χ1n) is 19.7. The van der Waals surface area contributed by atoms with E-state index in [9.17, 15) is 19.5 Å². The van der Waals surface area contributed by atoms with Crippen LogP contribution in [0.15, 0.2) is 66.7 Å². The fraction of sp³-hybridized carbons (Fsp3) is 0.523. The number of benzene rings is 3. The van der Waals surface area contributed by atoms with Crippen molar-refractivity contribution in [2.24, 2.45) is 34.8 Å². The minimum Gasteiger partial charge on any atom is -0.496 e. The number of anilines is 1. The average molecular weight is 770 g/mol. The van der Waals surface area contributed by atoms with Crippen LogP contribution in [0.2, 0.25) is 0 Å². The highest BCUT2D eigenvalue weighted by Gasteiger charge is 2.57. The molecule has 4 aliphatic rings. The fourth-order valence-electron chi connectivity index (χ4n) is 9.46. The lowest BCUT2D eigenvalue weighted by atomic mass is 9.45. The first kappa shape index (κ1) is 41.2. The average Bonchev–Trinajstić information content (AvgIpc) is 3.56. The Morgan fingerprint density at radius 2 is 1.79 bits per heavy atom. The molecule has 0 unspecified atom stereocenters. The summed E-state index contributed by atoms with van der Waals surface area (Å²) in [5.41, 5.74) is 10.6. The van der Waals surface area contributed by atoms with Gasteiger partial charge in [-0.15, -0.1) is 0 Å². The van der Waals surface area contributed by atoms with E-state index in [1.165, 1.54) is 13.5 Å². The van der Waals surface area contributed by atoms with Crippen LogP contribution in [-0.2, 0) is 32.1 Å². The molecule has 0 spiro atoms. The van der Waals surface area contributed by atoms with Gasteiger partial charge in [0.15, 0.2) is 0 Å². The number of aliphatic hydroxyl groups is 1. The molecule has 5 N–H and O–H groups in total. The number of esters is 1. The van der Waals surface area contributed by atoms with E-state index in [1.807, 2.05) is 73.6 Å². The van der Waals surface area contributed by atoms with Crippen LogP contribution in [-0.4, -0.2) is 93.1 Å². The molecule has 0 aromatic heterocycles. The van der Waals surface area contributed by atoms with Crippen molar-refractivity contribution in [1.29, 1.82) is 0 Å². The molecule has 2 amide bonds. The summed E-state index contributed by atoms with van der Waals surface area (Å²) in [5.74, 6) is 0.310. The van der Waals surface area contributed by atoms with Crippen LogP contribution in [0.25, 0.3) is 11.1 Å². The number of aliphatic hydroxyl groups excluding tert-OH is 1. The number of fused-ring (bicyclic) bond motifs is 2. The lowest BCUT2D eigenvalue weighted by Gasteiger charge is -2.62. The van der Waals surface area contributed by atoms with Crippen LogP contribution in [0, 0.1) is 29.1 Å². The van der Waals surface area contributed by atoms with Gasteiger partial charge < -0.3 is 35.8 Å². The van der Waals surface area contributed by atoms with Gasteiger partial charge in [-0.25, -0.2) is 4.79 Å². The molecule has 302 valence electrons. The highest BCUT2D eigenvalue weighted by molar-refractivity contribution is 5.99. The molecule has 2 bridgehead atoms. The first-order valence-corrected chi connectivity index (χ1v) is 19.7. The number of carbonyl (C=O) groups excluding carboxylic acids is 3. The Balaban J connectivity index is 1.29. The number of hydroxylamine groups is 2. The summed E-state index contributed by atoms with van der Waals surface area (Å²) in [6.07, 6.45) is 0.990. The Bertz CT molecular complexity index is 1880. The Morgan fingerprint density at radius 3 is 2.39 bits per heavy atom. The van der Waals surface area contributed by atoms with Crippen LogP contribution >= 0.6 is 0 Å². The molecule has 56 heavy (non-hydrogen) atoms. The van der Waals surface area contributed by atoms with Crippen LogP contribution in [0.3, 0.4) is 0 Å². The Morgan fingerprint density at radius 1 is 1.05 bits per heavy atom. The zero-order valence-corrected chi connectivity index (χ0v) is 34.0. The molecular formula is C44H59N5O7. The summed E-state index contributed by atoms with van der Waals surface area (Å²) >= 11 is 0. The zero-order chi connectivity index (χ0) is 40.5. The second-order valence-corrected chi connectivity index (χ2v) is 16.7. The Kier molecular flexibility index (Phi) is 12.4. The highest BCUT2D eigenvalue weighted by atomic mass is 16.7. The number of amides is 2. The summed E-state index contributed by atoms with van der Waals surface area (Å²) in [5, 5.41) is 18.9. The van der Waals surface area contributed by atoms with Gasteiger partial charge in [-0.3, -0.25) is 14.4 Å². The van der Waals surface area contributed by atoms with E-state index in [2.05, 4.69) is 31.4 Å². The number of ether oxygens (including phenoxy) is 2. The highest BCUT2D eigenvalue weighted by Crippen LogP contribution is 2.61. The first-order chi connectivity index (χ1) is 26.7. The van der Waals surface area contributed by atoms with E-state index >= 15 is 0 Å². The van der Waals surface area contributed by atoms with Gasteiger partial charge in [-0.1, -0.05) is 69.3 Å². The molecule has 12 nitrogen and oxygen atoms in total. The number of hydrogen-bond donors (Lipinski definition) is 4. The monoisotopic (exact) mass is 769 g/mol. The summed E-state index contributed by atoms with van der Waals surface area (Å²) in [6.45, 7) is 8.91. The summed E-state index contributed by atoms with van der Waals surface area (Å²) < 4.78 is 11.1. The van der Waals surface area contributed by atoms with Gasteiger partial charge in [0.25, 0.3) is 5.91 Å². The van der Waals surface area contributed by atoms with Crippen molar-refractivity contribution < 1.29 is 33.8 Å². The number of carbonyl (C=O) groups is 3. The number of nitrogens with two attached hydrogens (primary N) is 1. The maximum absolute atomic E-state index is 14.3. The molecule has 1 saturated heterocycles. The minimum absolute atomic E-state index is 0.0437. The van der Waals surface area contributed by atoms with E-state index in [0.717, 1.165) is 28.8 Å². The van der Waals surface area contributed by atoms with Crippen molar-refractivity contribution in [2.75, 3.05) is 39.8 Å². The standard InChI is InChI=1S/C44H59N5O7/c1-25-34-21-31(44(34,3)4)22-35(25)46-42(52)39-38(26(2)50)37(23-45)56-49(39)24-28-15-12-16-33(40(28)54-7)29-18-30(20-32(19-29)48(5)6)41(51)47-36(43(53)55-8)17-27-13-10-9-11-14-27/h9-16,18-20,25-26,31,34-39,50H,17,21-24,45H2,1-8H3,(H,46,52)(H,47,51)/t25-,26-,31+,34-,35-,36-,37-,38+,39-/m0/s1. The number of nitrogens with one attached hydrogen (secondary N) is 2. The largest absolute Gasteiger partial charge is 0.496 e. The molecule has 3 saturated carbocycles. The molecule has 9 atom stereocenters. The molecule has 1 heterocycles. The number of nitrogens with zero attached hydrogens (tertiary/aromatic N) is 2. The van der Waals surface area contributed by atoms with Crippen molar-refractivity contribution >= 4 is 23.5 Å².